The Balaban J connectivity index is 1.54. The normalized spacial score (nSPS) is 28.5. The number of benzene rings is 1. The van der Waals surface area contributed by atoms with Crippen molar-refractivity contribution in [2.75, 3.05) is 13.1 Å². The summed E-state index contributed by atoms with van der Waals surface area (Å²) in [7, 11) is 0. The Morgan fingerprint density at radius 1 is 1.03 bits per heavy atom. The standard InChI is InChI=1S/C28H42N2/c1-5-23-17-25-16-22(4)26(9-8-10-27(25)29-18-23)28-11-6-7-14-30(28)19-24-13-12-20(2)21(3)15-24/h12-13,15,23,25,28H,5-11,14,16-19H2,1-4H3. The van der Waals surface area contributed by atoms with Gasteiger partial charge < -0.3 is 0 Å². The van der Waals surface area contributed by atoms with E-state index in [1.165, 1.54) is 81.0 Å². The number of likely N-dealkylation sites (tertiary alicyclic amines) is 1. The Morgan fingerprint density at radius 2 is 1.90 bits per heavy atom. The molecule has 2 heteroatoms. The number of hydrogen-bond donors (Lipinski definition) is 0. The van der Waals surface area contributed by atoms with Gasteiger partial charge in [0, 0.05) is 30.8 Å². The molecule has 0 saturated carbocycles. The molecule has 1 aliphatic carbocycles. The van der Waals surface area contributed by atoms with Gasteiger partial charge in [-0.25, -0.2) is 0 Å². The van der Waals surface area contributed by atoms with Gasteiger partial charge in [-0.15, -0.1) is 0 Å². The SMILES string of the molecule is CCC1CN=C2CCCC(C3CCCCN3Cc3ccc(C)c(C)c3)=C(C)CC2C1. The zero-order valence-electron chi connectivity index (χ0n) is 19.8. The van der Waals surface area contributed by atoms with Gasteiger partial charge in [-0.3, -0.25) is 9.89 Å². The molecule has 0 bridgehead atoms. The summed E-state index contributed by atoms with van der Waals surface area (Å²) in [5, 5.41) is 0. The number of piperidine rings is 1. The lowest BCUT2D eigenvalue weighted by Crippen LogP contribution is -2.41. The van der Waals surface area contributed by atoms with E-state index in [1.807, 2.05) is 0 Å². The highest BCUT2D eigenvalue weighted by molar-refractivity contribution is 5.87. The summed E-state index contributed by atoms with van der Waals surface area (Å²) in [5.41, 5.74) is 9.35. The minimum absolute atomic E-state index is 0.657. The largest absolute Gasteiger partial charge is 0.294 e. The van der Waals surface area contributed by atoms with Crippen molar-refractivity contribution in [3.63, 3.8) is 0 Å². The quantitative estimate of drug-likeness (QED) is 0.490. The molecule has 1 aromatic rings. The molecule has 1 fully saturated rings. The van der Waals surface area contributed by atoms with Crippen LogP contribution in [0.1, 0.15) is 88.3 Å². The van der Waals surface area contributed by atoms with E-state index in [0.717, 1.165) is 24.9 Å². The fourth-order valence-electron chi connectivity index (χ4n) is 6.10. The molecule has 2 nitrogen and oxygen atoms in total. The number of aryl methyl sites for hydroxylation is 2. The predicted molar refractivity (Wildman–Crippen MR) is 129 cm³/mol. The lowest BCUT2D eigenvalue weighted by atomic mass is 9.76. The van der Waals surface area contributed by atoms with E-state index >= 15 is 0 Å². The predicted octanol–water partition coefficient (Wildman–Crippen LogP) is 7.04. The van der Waals surface area contributed by atoms with E-state index in [9.17, 15) is 0 Å². The topological polar surface area (TPSA) is 15.6 Å². The average molecular weight is 407 g/mol. The summed E-state index contributed by atoms with van der Waals surface area (Å²) in [6.07, 6.45) is 11.8. The second kappa shape index (κ2) is 9.81. The third-order valence-electron chi connectivity index (χ3n) is 8.17. The van der Waals surface area contributed by atoms with Gasteiger partial charge in [0.1, 0.15) is 0 Å². The molecule has 0 radical (unpaired) electrons. The first-order chi connectivity index (χ1) is 14.5. The maximum absolute atomic E-state index is 5.05. The number of rotatable bonds is 4. The second-order valence-corrected chi connectivity index (χ2v) is 10.3. The van der Waals surface area contributed by atoms with Crippen LogP contribution < -0.4 is 0 Å². The first-order valence-electron chi connectivity index (χ1n) is 12.6. The van der Waals surface area contributed by atoms with Gasteiger partial charge in [0.15, 0.2) is 0 Å². The molecule has 3 aliphatic rings. The molecule has 0 aromatic heterocycles. The zero-order valence-corrected chi connectivity index (χ0v) is 19.8. The molecule has 2 aliphatic heterocycles. The molecule has 2 heterocycles. The monoisotopic (exact) mass is 406 g/mol. The van der Waals surface area contributed by atoms with Crippen molar-refractivity contribution in [2.24, 2.45) is 16.8 Å². The zero-order chi connectivity index (χ0) is 21.1. The van der Waals surface area contributed by atoms with Crippen LogP contribution >= 0.6 is 0 Å². The Hall–Kier alpha value is -1.41. The van der Waals surface area contributed by atoms with Crippen LogP contribution in [0, 0.1) is 25.7 Å². The van der Waals surface area contributed by atoms with Crippen molar-refractivity contribution >= 4 is 5.71 Å². The summed E-state index contributed by atoms with van der Waals surface area (Å²) in [5.74, 6) is 1.53. The number of aliphatic imine (C=N–C) groups is 1. The van der Waals surface area contributed by atoms with E-state index in [2.05, 4.69) is 50.8 Å². The van der Waals surface area contributed by atoms with Crippen LogP contribution in [0.15, 0.2) is 34.3 Å². The summed E-state index contributed by atoms with van der Waals surface area (Å²) in [6, 6.07) is 7.72. The Kier molecular flexibility index (Phi) is 7.13. The van der Waals surface area contributed by atoms with Crippen molar-refractivity contribution in [3.8, 4) is 0 Å². The van der Waals surface area contributed by atoms with Crippen LogP contribution in [0.5, 0.6) is 0 Å². The van der Waals surface area contributed by atoms with Crippen molar-refractivity contribution in [1.82, 2.24) is 4.90 Å². The van der Waals surface area contributed by atoms with Gasteiger partial charge in [0.25, 0.3) is 0 Å². The molecular weight excluding hydrogens is 364 g/mol. The van der Waals surface area contributed by atoms with Crippen molar-refractivity contribution < 1.29 is 0 Å². The summed E-state index contributed by atoms with van der Waals surface area (Å²) in [6.45, 7) is 12.7. The lowest BCUT2D eigenvalue weighted by Gasteiger charge is -2.40. The molecule has 0 amide bonds. The average Bonchev–Trinajstić information content (AvgIpc) is 2.74. The molecule has 164 valence electrons. The number of allylic oxidation sites excluding steroid dienone is 1. The molecule has 3 unspecified atom stereocenters. The summed E-state index contributed by atoms with van der Waals surface area (Å²) < 4.78 is 0. The maximum atomic E-state index is 5.05. The van der Waals surface area contributed by atoms with Crippen LogP contribution in [-0.4, -0.2) is 29.7 Å². The fraction of sp³-hybridized carbons (Fsp3) is 0.679. The number of hydrogen-bond acceptors (Lipinski definition) is 2. The minimum Gasteiger partial charge on any atom is -0.294 e. The van der Waals surface area contributed by atoms with E-state index in [-0.39, 0.29) is 0 Å². The van der Waals surface area contributed by atoms with E-state index in [4.69, 9.17) is 4.99 Å². The van der Waals surface area contributed by atoms with Gasteiger partial charge in [0.05, 0.1) is 0 Å². The summed E-state index contributed by atoms with van der Waals surface area (Å²) >= 11 is 0. The molecule has 1 saturated heterocycles. The number of nitrogens with zero attached hydrogens (tertiary/aromatic N) is 2. The van der Waals surface area contributed by atoms with Crippen LogP contribution in [-0.2, 0) is 6.54 Å². The van der Waals surface area contributed by atoms with Crippen LogP contribution in [0.3, 0.4) is 0 Å². The van der Waals surface area contributed by atoms with Crippen molar-refractivity contribution in [1.29, 1.82) is 0 Å². The maximum Gasteiger partial charge on any atom is 0.0417 e. The highest BCUT2D eigenvalue weighted by Gasteiger charge is 2.31. The van der Waals surface area contributed by atoms with Gasteiger partial charge in [0.2, 0.25) is 0 Å². The Morgan fingerprint density at radius 3 is 2.70 bits per heavy atom. The minimum atomic E-state index is 0.657. The highest BCUT2D eigenvalue weighted by atomic mass is 15.2. The molecule has 3 atom stereocenters. The van der Waals surface area contributed by atoms with Crippen molar-refractivity contribution in [2.45, 2.75) is 98.1 Å². The molecule has 4 rings (SSSR count). The second-order valence-electron chi connectivity index (χ2n) is 10.3. The molecular formula is C28H42N2. The first-order valence-corrected chi connectivity index (χ1v) is 12.6. The van der Waals surface area contributed by atoms with Gasteiger partial charge in [-0.1, -0.05) is 49.1 Å². The Labute approximate surface area is 184 Å². The van der Waals surface area contributed by atoms with E-state index in [1.54, 1.807) is 16.9 Å². The molecule has 1 aromatic carbocycles. The third-order valence-corrected chi connectivity index (χ3v) is 8.17. The fourth-order valence-corrected chi connectivity index (χ4v) is 6.10. The van der Waals surface area contributed by atoms with Gasteiger partial charge in [-0.2, -0.15) is 0 Å². The van der Waals surface area contributed by atoms with Gasteiger partial charge >= 0.3 is 0 Å². The molecule has 0 spiro atoms. The van der Waals surface area contributed by atoms with Crippen LogP contribution in [0.2, 0.25) is 0 Å². The van der Waals surface area contributed by atoms with Gasteiger partial charge in [-0.05, 0) is 94.9 Å². The molecule has 30 heavy (non-hydrogen) atoms. The highest BCUT2D eigenvalue weighted by Crippen LogP contribution is 2.37. The van der Waals surface area contributed by atoms with Crippen molar-refractivity contribution in [3.05, 3.63) is 46.0 Å². The smallest absolute Gasteiger partial charge is 0.0417 e. The lowest BCUT2D eigenvalue weighted by molar-refractivity contribution is 0.159. The number of fused-ring (bicyclic) bond motifs is 1. The van der Waals surface area contributed by atoms with E-state index < -0.39 is 0 Å². The van der Waals surface area contributed by atoms with E-state index in [0.29, 0.717) is 6.04 Å². The molecule has 0 N–H and O–H groups in total. The van der Waals surface area contributed by atoms with Crippen LogP contribution in [0.25, 0.3) is 0 Å². The summed E-state index contributed by atoms with van der Waals surface area (Å²) in [4.78, 5) is 7.85. The first kappa shape index (κ1) is 21.8. The Bertz CT molecular complexity index is 803. The van der Waals surface area contributed by atoms with Crippen LogP contribution in [0.4, 0.5) is 0 Å². The third kappa shape index (κ3) is 4.90.